The Kier molecular flexibility index (Phi) is 1.84. The van der Waals surface area contributed by atoms with Crippen LogP contribution in [0, 0.1) is 11.8 Å². The van der Waals surface area contributed by atoms with Crippen molar-refractivity contribution in [3.8, 4) is 11.8 Å². The molecular weight excluding hydrogens is 168 g/mol. The minimum absolute atomic E-state index is 0.562. The Labute approximate surface area is 85.3 Å². The van der Waals surface area contributed by atoms with Crippen LogP contribution in [0.2, 0.25) is 0 Å². The van der Waals surface area contributed by atoms with Gasteiger partial charge in [-0.2, -0.15) is 0 Å². The lowest BCUT2D eigenvalue weighted by Gasteiger charge is -2.37. The molecule has 0 spiro atoms. The molecule has 0 amide bonds. The van der Waals surface area contributed by atoms with E-state index in [1.165, 1.54) is 24.8 Å². The second-order valence-electron chi connectivity index (χ2n) is 4.28. The molecule has 2 aliphatic carbocycles. The molecule has 0 saturated heterocycles. The molecule has 2 unspecified atom stereocenters. The zero-order chi connectivity index (χ0) is 9.38. The molecule has 0 N–H and O–H groups in total. The number of benzene rings is 1. The summed E-state index contributed by atoms with van der Waals surface area (Å²) in [5, 5.41) is 0. The summed E-state index contributed by atoms with van der Waals surface area (Å²) in [7, 11) is 0. The first-order chi connectivity index (χ1) is 6.97. The van der Waals surface area contributed by atoms with E-state index < -0.39 is 0 Å². The summed E-state index contributed by atoms with van der Waals surface area (Å²) in [6, 6.07) is 8.81. The average Bonchev–Trinajstić information content (AvgIpc) is 2.17. The van der Waals surface area contributed by atoms with Crippen LogP contribution >= 0.6 is 0 Å². The van der Waals surface area contributed by atoms with Gasteiger partial charge in [0.05, 0.1) is 5.92 Å². The van der Waals surface area contributed by atoms with Crippen molar-refractivity contribution < 1.29 is 0 Å². The van der Waals surface area contributed by atoms with E-state index in [2.05, 4.69) is 36.1 Å². The predicted octanol–water partition coefficient (Wildman–Crippen LogP) is 3.44. The Morgan fingerprint density at radius 1 is 1.07 bits per heavy atom. The number of hydrogen-bond acceptors (Lipinski definition) is 0. The molecule has 0 bridgehead atoms. The molecule has 0 aliphatic heterocycles. The molecule has 14 heavy (non-hydrogen) atoms. The Balaban J connectivity index is 2.01. The molecule has 0 radical (unpaired) electrons. The SMILES string of the molecule is C1#CC2c3ccccc3C2CCCC1. The van der Waals surface area contributed by atoms with Gasteiger partial charge in [0.1, 0.15) is 0 Å². The first kappa shape index (κ1) is 8.12. The topological polar surface area (TPSA) is 0 Å². The molecule has 0 heterocycles. The van der Waals surface area contributed by atoms with E-state index >= 15 is 0 Å². The Morgan fingerprint density at radius 2 is 1.93 bits per heavy atom. The van der Waals surface area contributed by atoms with Crippen LogP contribution in [-0.4, -0.2) is 0 Å². The van der Waals surface area contributed by atoms with Crippen LogP contribution in [0.1, 0.15) is 48.6 Å². The number of rotatable bonds is 0. The van der Waals surface area contributed by atoms with Gasteiger partial charge in [-0.05, 0) is 24.0 Å². The van der Waals surface area contributed by atoms with Crippen molar-refractivity contribution in [3.63, 3.8) is 0 Å². The van der Waals surface area contributed by atoms with E-state index in [0.29, 0.717) is 5.92 Å². The summed E-state index contributed by atoms with van der Waals surface area (Å²) in [6.07, 6.45) is 5.09. The summed E-state index contributed by atoms with van der Waals surface area (Å²) in [6.45, 7) is 0. The molecule has 1 aromatic rings. The first-order valence-electron chi connectivity index (χ1n) is 5.54. The molecule has 2 aliphatic rings. The Hall–Kier alpha value is -1.22. The first-order valence-corrected chi connectivity index (χ1v) is 5.54. The van der Waals surface area contributed by atoms with Gasteiger partial charge in [0.25, 0.3) is 0 Å². The van der Waals surface area contributed by atoms with Crippen LogP contribution < -0.4 is 0 Å². The normalized spacial score (nSPS) is 28.3. The van der Waals surface area contributed by atoms with Gasteiger partial charge in [0, 0.05) is 12.3 Å². The predicted molar refractivity (Wildman–Crippen MR) is 58.2 cm³/mol. The molecular formula is C14H14. The van der Waals surface area contributed by atoms with Crippen LogP contribution in [0.4, 0.5) is 0 Å². The second-order valence-corrected chi connectivity index (χ2v) is 4.28. The lowest BCUT2D eigenvalue weighted by atomic mass is 9.66. The Bertz CT molecular complexity index is 406. The summed E-state index contributed by atoms with van der Waals surface area (Å²) in [5.41, 5.74) is 3.06. The number of fused-ring (bicyclic) bond motifs is 4. The van der Waals surface area contributed by atoms with Gasteiger partial charge in [-0.3, -0.25) is 0 Å². The maximum Gasteiger partial charge on any atom is 0.0523 e. The smallest absolute Gasteiger partial charge is 0.0523 e. The zero-order valence-electron chi connectivity index (χ0n) is 8.29. The monoisotopic (exact) mass is 182 g/mol. The van der Waals surface area contributed by atoms with Crippen LogP contribution in [0.25, 0.3) is 0 Å². The molecule has 70 valence electrons. The van der Waals surface area contributed by atoms with Gasteiger partial charge in [-0.15, -0.1) is 5.92 Å². The highest BCUT2D eigenvalue weighted by molar-refractivity contribution is 5.50. The summed E-state index contributed by atoms with van der Waals surface area (Å²) in [4.78, 5) is 0. The Morgan fingerprint density at radius 3 is 2.86 bits per heavy atom. The van der Waals surface area contributed by atoms with Crippen LogP contribution in [-0.2, 0) is 0 Å². The van der Waals surface area contributed by atoms with Crippen molar-refractivity contribution in [2.75, 3.05) is 0 Å². The molecule has 3 rings (SSSR count). The van der Waals surface area contributed by atoms with Gasteiger partial charge in [-0.1, -0.05) is 36.6 Å². The van der Waals surface area contributed by atoms with Crippen molar-refractivity contribution in [3.05, 3.63) is 35.4 Å². The van der Waals surface area contributed by atoms with Gasteiger partial charge in [0.2, 0.25) is 0 Å². The minimum atomic E-state index is 0.562. The van der Waals surface area contributed by atoms with E-state index in [1.54, 1.807) is 5.56 Å². The molecule has 2 atom stereocenters. The largest absolute Gasteiger partial charge is 0.103 e. The van der Waals surface area contributed by atoms with Gasteiger partial charge < -0.3 is 0 Å². The quantitative estimate of drug-likeness (QED) is 0.539. The third-order valence-corrected chi connectivity index (χ3v) is 3.46. The van der Waals surface area contributed by atoms with Gasteiger partial charge in [-0.25, -0.2) is 0 Å². The molecule has 0 aromatic heterocycles. The highest BCUT2D eigenvalue weighted by atomic mass is 14.4. The third-order valence-electron chi connectivity index (χ3n) is 3.46. The summed E-state index contributed by atoms with van der Waals surface area (Å²) < 4.78 is 0. The zero-order valence-corrected chi connectivity index (χ0v) is 8.29. The van der Waals surface area contributed by atoms with E-state index in [0.717, 1.165) is 12.3 Å². The van der Waals surface area contributed by atoms with E-state index in [-0.39, 0.29) is 0 Å². The summed E-state index contributed by atoms with van der Waals surface area (Å²) >= 11 is 0. The van der Waals surface area contributed by atoms with Crippen molar-refractivity contribution in [2.24, 2.45) is 0 Å². The van der Waals surface area contributed by atoms with Crippen molar-refractivity contribution in [2.45, 2.75) is 37.5 Å². The van der Waals surface area contributed by atoms with E-state index in [9.17, 15) is 0 Å². The average molecular weight is 182 g/mol. The van der Waals surface area contributed by atoms with Crippen LogP contribution in [0.15, 0.2) is 24.3 Å². The van der Waals surface area contributed by atoms with Crippen molar-refractivity contribution in [1.82, 2.24) is 0 Å². The summed E-state index contributed by atoms with van der Waals surface area (Å²) in [5.74, 6) is 8.05. The van der Waals surface area contributed by atoms with Gasteiger partial charge >= 0.3 is 0 Å². The van der Waals surface area contributed by atoms with Crippen molar-refractivity contribution in [1.29, 1.82) is 0 Å². The maximum atomic E-state index is 3.43. The molecule has 0 heteroatoms. The molecule has 0 saturated carbocycles. The lowest BCUT2D eigenvalue weighted by molar-refractivity contribution is 0.484. The van der Waals surface area contributed by atoms with Crippen LogP contribution in [0.3, 0.4) is 0 Å². The van der Waals surface area contributed by atoms with E-state index in [4.69, 9.17) is 0 Å². The van der Waals surface area contributed by atoms with E-state index in [1.807, 2.05) is 0 Å². The minimum Gasteiger partial charge on any atom is -0.103 e. The highest BCUT2D eigenvalue weighted by Crippen LogP contribution is 2.49. The molecule has 1 aromatic carbocycles. The second kappa shape index (κ2) is 3.17. The molecule has 0 nitrogen and oxygen atoms in total. The fraction of sp³-hybridized carbons (Fsp3) is 0.429. The van der Waals surface area contributed by atoms with Gasteiger partial charge in [0.15, 0.2) is 0 Å². The fourth-order valence-corrected chi connectivity index (χ4v) is 2.69. The lowest BCUT2D eigenvalue weighted by Crippen LogP contribution is -2.23. The maximum absolute atomic E-state index is 3.43. The number of hydrogen-bond donors (Lipinski definition) is 0. The van der Waals surface area contributed by atoms with Crippen molar-refractivity contribution >= 4 is 0 Å². The fourth-order valence-electron chi connectivity index (χ4n) is 2.69. The third kappa shape index (κ3) is 1.09. The van der Waals surface area contributed by atoms with Crippen LogP contribution in [0.5, 0.6) is 0 Å². The highest BCUT2D eigenvalue weighted by Gasteiger charge is 2.35. The standard InChI is InChI=1S/C14H14/c1-2-4-8-12-11(7-3-1)13-9-5-6-10-14(12)13/h5-6,9-12H,1-3,7H2. The molecule has 0 fully saturated rings.